The molecule has 0 saturated heterocycles. The van der Waals surface area contributed by atoms with Gasteiger partial charge < -0.3 is 4.74 Å². The minimum Gasteiger partial charge on any atom is -0.457 e. The molecule has 0 rings (SSSR count). The Kier molecular flexibility index (Phi) is 6.83. The van der Waals surface area contributed by atoms with Crippen molar-refractivity contribution in [1.82, 2.24) is 0 Å². The largest absolute Gasteiger partial charge is 0.457 e. The van der Waals surface area contributed by atoms with Crippen LogP contribution in [0.25, 0.3) is 0 Å². The molecule has 0 radical (unpaired) electrons. The summed E-state index contributed by atoms with van der Waals surface area (Å²) < 4.78 is 40.1. The fourth-order valence-corrected chi connectivity index (χ4v) is 1.05. The van der Waals surface area contributed by atoms with E-state index in [0.29, 0.717) is 6.42 Å². The number of halogens is 3. The van der Waals surface area contributed by atoms with Crippen LogP contribution < -0.4 is 0 Å². The van der Waals surface area contributed by atoms with Crippen LogP contribution in [-0.4, -0.2) is 12.1 Å². The van der Waals surface area contributed by atoms with Crippen molar-refractivity contribution in [3.8, 4) is 0 Å². The predicted octanol–water partition coefficient (Wildman–Crippen LogP) is 3.58. The van der Waals surface area contributed by atoms with Crippen molar-refractivity contribution in [3.05, 3.63) is 11.9 Å². The Labute approximate surface area is 87.1 Å². The van der Waals surface area contributed by atoms with Crippen LogP contribution >= 0.6 is 0 Å². The van der Waals surface area contributed by atoms with E-state index in [9.17, 15) is 18.0 Å². The average molecular weight is 224 g/mol. The smallest absolute Gasteiger partial charge is 0.373 e. The lowest BCUT2D eigenvalue weighted by Crippen LogP contribution is -2.15. The third-order valence-corrected chi connectivity index (χ3v) is 1.87. The number of ether oxygens (including phenoxy) is 1. The zero-order chi connectivity index (χ0) is 11.8. The molecule has 0 aromatic rings. The average Bonchev–Trinajstić information content (AvgIpc) is 2.16. The van der Waals surface area contributed by atoms with Gasteiger partial charge in [-0.3, -0.25) is 0 Å². The van der Waals surface area contributed by atoms with E-state index >= 15 is 0 Å². The third-order valence-electron chi connectivity index (χ3n) is 1.87. The lowest BCUT2D eigenvalue weighted by atomic mass is 10.1. The summed E-state index contributed by atoms with van der Waals surface area (Å²) >= 11 is 0. The van der Waals surface area contributed by atoms with Gasteiger partial charge in [-0.25, -0.2) is 4.79 Å². The molecule has 0 aliphatic rings. The molecular formula is C10H15F3O2. The summed E-state index contributed by atoms with van der Waals surface area (Å²) in [5.41, 5.74) is 0. The fourth-order valence-electron chi connectivity index (χ4n) is 1.05. The summed E-state index contributed by atoms with van der Waals surface area (Å²) in [6.07, 6.45) is 0.191. The number of esters is 1. The van der Waals surface area contributed by atoms with Crippen molar-refractivity contribution in [1.29, 1.82) is 0 Å². The van der Waals surface area contributed by atoms with E-state index in [1.807, 2.05) is 6.92 Å². The molecule has 1 atom stereocenters. The first kappa shape index (κ1) is 14.0. The van der Waals surface area contributed by atoms with E-state index in [1.54, 1.807) is 6.92 Å². The molecule has 0 saturated carbocycles. The summed E-state index contributed by atoms with van der Waals surface area (Å²) in [7, 11) is 0. The molecule has 0 aromatic heterocycles. The van der Waals surface area contributed by atoms with Gasteiger partial charge in [-0.1, -0.05) is 19.8 Å². The van der Waals surface area contributed by atoms with E-state index in [2.05, 4.69) is 4.74 Å². The summed E-state index contributed by atoms with van der Waals surface area (Å²) in [5.74, 6) is -3.68. The van der Waals surface area contributed by atoms with Gasteiger partial charge in [0, 0.05) is 0 Å². The van der Waals surface area contributed by atoms with Crippen LogP contribution in [-0.2, 0) is 9.53 Å². The van der Waals surface area contributed by atoms with Gasteiger partial charge in [0.25, 0.3) is 5.83 Å². The summed E-state index contributed by atoms with van der Waals surface area (Å²) in [6.45, 7) is 3.56. The van der Waals surface area contributed by atoms with Crippen LogP contribution in [0.2, 0.25) is 0 Å². The second-order valence-electron chi connectivity index (χ2n) is 3.29. The zero-order valence-corrected chi connectivity index (χ0v) is 8.86. The molecule has 2 nitrogen and oxygen atoms in total. The molecule has 88 valence electrons. The molecular weight excluding hydrogens is 209 g/mol. The van der Waals surface area contributed by atoms with Crippen LogP contribution in [0, 0.1) is 0 Å². The zero-order valence-electron chi connectivity index (χ0n) is 8.86. The molecule has 0 aliphatic carbocycles. The first-order valence-corrected chi connectivity index (χ1v) is 4.90. The molecule has 1 unspecified atom stereocenters. The molecule has 0 spiro atoms. The second kappa shape index (κ2) is 7.31. The van der Waals surface area contributed by atoms with Crippen LogP contribution in [0.3, 0.4) is 0 Å². The van der Waals surface area contributed by atoms with E-state index < -0.39 is 24.0 Å². The Hall–Kier alpha value is -1.00. The fraction of sp³-hybridized carbons (Fsp3) is 0.700. The standard InChI is InChI=1S/C10H15F3O2/c1-3-4-5-6-7(2)15-10(14)8(11)9(12)13/h7H,3-6H2,1-2H3. The minimum atomic E-state index is -2.64. The quantitative estimate of drug-likeness (QED) is 0.391. The molecule has 0 aromatic carbocycles. The Balaban J connectivity index is 3.92. The van der Waals surface area contributed by atoms with E-state index in [-0.39, 0.29) is 0 Å². The number of rotatable bonds is 6. The number of carbonyl (C=O) groups excluding carboxylic acids is 1. The highest BCUT2D eigenvalue weighted by molar-refractivity contribution is 5.86. The SMILES string of the molecule is CCCCCC(C)OC(=O)C(F)=C(F)F. The highest BCUT2D eigenvalue weighted by Crippen LogP contribution is 2.14. The highest BCUT2D eigenvalue weighted by Gasteiger charge is 2.19. The molecule has 5 heteroatoms. The van der Waals surface area contributed by atoms with E-state index in [0.717, 1.165) is 19.3 Å². The number of hydrogen-bond donors (Lipinski definition) is 0. The maximum atomic E-state index is 12.3. The number of unbranched alkanes of at least 4 members (excludes halogenated alkanes) is 2. The first-order chi connectivity index (χ1) is 6.99. The molecule has 0 heterocycles. The molecule has 0 N–H and O–H groups in total. The molecule has 0 fully saturated rings. The van der Waals surface area contributed by atoms with Crippen molar-refractivity contribution < 1.29 is 22.7 Å². The van der Waals surface area contributed by atoms with Gasteiger partial charge in [0.05, 0.1) is 6.10 Å². The Morgan fingerprint density at radius 3 is 2.33 bits per heavy atom. The van der Waals surface area contributed by atoms with Gasteiger partial charge in [-0.2, -0.15) is 13.2 Å². The molecule has 0 amide bonds. The molecule has 0 bridgehead atoms. The molecule has 0 aliphatic heterocycles. The van der Waals surface area contributed by atoms with Crippen molar-refractivity contribution >= 4 is 5.97 Å². The predicted molar refractivity (Wildman–Crippen MR) is 50.0 cm³/mol. The topological polar surface area (TPSA) is 26.3 Å². The van der Waals surface area contributed by atoms with E-state index in [1.165, 1.54) is 0 Å². The normalized spacial score (nSPS) is 12.1. The lowest BCUT2D eigenvalue weighted by molar-refractivity contribution is -0.146. The Morgan fingerprint density at radius 1 is 1.27 bits per heavy atom. The van der Waals surface area contributed by atoms with Gasteiger partial charge in [-0.15, -0.1) is 0 Å². The van der Waals surface area contributed by atoms with Crippen LogP contribution in [0.1, 0.15) is 39.5 Å². The van der Waals surface area contributed by atoms with Gasteiger partial charge in [-0.05, 0) is 19.8 Å². The monoisotopic (exact) mass is 224 g/mol. The van der Waals surface area contributed by atoms with E-state index in [4.69, 9.17) is 0 Å². The van der Waals surface area contributed by atoms with Crippen LogP contribution in [0.15, 0.2) is 11.9 Å². The third kappa shape index (κ3) is 6.14. The van der Waals surface area contributed by atoms with Gasteiger partial charge in [0.15, 0.2) is 0 Å². The summed E-state index contributed by atoms with van der Waals surface area (Å²) in [5, 5.41) is 0. The first-order valence-electron chi connectivity index (χ1n) is 4.90. The minimum absolute atomic E-state index is 0.533. The van der Waals surface area contributed by atoms with Crippen LogP contribution in [0.4, 0.5) is 13.2 Å². The highest BCUT2D eigenvalue weighted by atomic mass is 19.3. The molecule has 15 heavy (non-hydrogen) atoms. The van der Waals surface area contributed by atoms with Gasteiger partial charge >= 0.3 is 12.0 Å². The van der Waals surface area contributed by atoms with Gasteiger partial charge in [0.1, 0.15) is 0 Å². The summed E-state index contributed by atoms with van der Waals surface area (Å²) in [6, 6.07) is 0. The lowest BCUT2D eigenvalue weighted by Gasteiger charge is -2.11. The van der Waals surface area contributed by atoms with Crippen molar-refractivity contribution in [2.24, 2.45) is 0 Å². The summed E-state index contributed by atoms with van der Waals surface area (Å²) in [4.78, 5) is 10.7. The maximum Gasteiger partial charge on any atom is 0.373 e. The Bertz CT molecular complexity index is 235. The maximum absolute atomic E-state index is 12.3. The van der Waals surface area contributed by atoms with Crippen LogP contribution in [0.5, 0.6) is 0 Å². The number of hydrogen-bond acceptors (Lipinski definition) is 2. The van der Waals surface area contributed by atoms with Crippen molar-refractivity contribution in [2.45, 2.75) is 45.6 Å². The van der Waals surface area contributed by atoms with Gasteiger partial charge in [0.2, 0.25) is 0 Å². The van der Waals surface area contributed by atoms with Crippen molar-refractivity contribution in [2.75, 3.05) is 0 Å². The second-order valence-corrected chi connectivity index (χ2v) is 3.29. The number of carbonyl (C=O) groups is 1. The van der Waals surface area contributed by atoms with Crippen molar-refractivity contribution in [3.63, 3.8) is 0 Å². The Morgan fingerprint density at radius 2 is 1.87 bits per heavy atom.